The molecule has 0 radical (unpaired) electrons. The summed E-state index contributed by atoms with van der Waals surface area (Å²) in [5, 5.41) is 0. The van der Waals surface area contributed by atoms with Crippen molar-refractivity contribution in [1.82, 2.24) is 0 Å². The maximum absolute atomic E-state index is 4.50. The van der Waals surface area contributed by atoms with Crippen LogP contribution in [0, 0.1) is 6.15 Å². The topological polar surface area (TPSA) is 12.5 Å². The molecule has 0 saturated carbocycles. The van der Waals surface area contributed by atoms with Crippen molar-refractivity contribution in [2.45, 2.75) is 0 Å². The predicted octanol–water partition coefficient (Wildman–Crippen LogP) is 0.0166. The van der Waals surface area contributed by atoms with Crippen LogP contribution in [0.2, 0.25) is 0 Å². The van der Waals surface area contributed by atoms with Gasteiger partial charge in [-0.1, -0.05) is 0 Å². The molecular weight excluding hydrogens is 44.0 g/mol. The fourth-order valence-corrected chi connectivity index (χ4v) is 0. The van der Waals surface area contributed by atoms with Gasteiger partial charge in [0.1, 0.15) is 0 Å². The Morgan fingerprint density at radius 3 is 1.50 bits per heavy atom. The van der Waals surface area contributed by atoms with E-state index in [9.17, 15) is 0 Å². The molecule has 1 rings (SSSR count). The zero-order chi connectivity index (χ0) is 2.12. The first-order valence-corrected chi connectivity index (χ1v) is 1.08. The van der Waals surface area contributed by atoms with Crippen LogP contribution in [0.15, 0.2) is 0 Å². The minimum absolute atomic E-state index is 0. The first-order chi connectivity index (χ1) is 1.50. The molecule has 1 nitrogen and oxygen atoms in total. The molecule has 1 heterocycles. The molecule has 1 fully saturated rings. The second-order valence-corrected chi connectivity index (χ2v) is 0.612. The molecule has 0 N–H and O–H groups in total. The Bertz CT molecular complexity index is 10.8. The molecule has 20 valence electrons. The van der Waals surface area contributed by atoms with E-state index in [0.717, 1.165) is 13.2 Å². The molecule has 0 spiro atoms. The minimum Gasteiger partial charge on any atom is -0.377 e. The molecule has 0 aromatic heterocycles. The summed E-state index contributed by atoms with van der Waals surface area (Å²) >= 11 is 0. The molecule has 0 aliphatic carbocycles. The van der Waals surface area contributed by atoms with Gasteiger partial charge in [-0.25, -0.2) is 0 Å². The fourth-order valence-electron chi connectivity index (χ4n) is 0. The number of hydrogen-bond acceptors (Lipinski definition) is 1. The van der Waals surface area contributed by atoms with Crippen molar-refractivity contribution in [1.29, 1.82) is 0 Å². The van der Waals surface area contributed by atoms with Crippen LogP contribution in [0.3, 0.4) is 0 Å². The Morgan fingerprint density at radius 1 is 1.25 bits per heavy atom. The van der Waals surface area contributed by atoms with Crippen LogP contribution < -0.4 is 0 Å². The van der Waals surface area contributed by atoms with Crippen LogP contribution in [-0.4, -0.2) is 13.2 Å². The summed E-state index contributed by atoms with van der Waals surface area (Å²) < 4.78 is 4.50. The Labute approximate surface area is 25.3 Å². The van der Waals surface area contributed by atoms with Gasteiger partial charge >= 0.3 is 0 Å². The largest absolute Gasteiger partial charge is 0.377 e. The zero-order valence-corrected chi connectivity index (χ0v) is 2.53. The Kier molecular flexibility index (Phi) is 1.18. The molecule has 1 aliphatic rings. The average molecular weight is 48.1 g/mol. The zero-order valence-electron chi connectivity index (χ0n) is 2.53. The van der Waals surface area contributed by atoms with Crippen molar-refractivity contribution in [3.63, 3.8) is 0 Å². The monoisotopic (exact) mass is 48.0 g/mol. The molecule has 0 bridgehead atoms. The number of rotatable bonds is 0. The molecule has 0 aromatic carbocycles. The standard InChI is InChI=1S/C2H4O.He/c1-2-3-1;/h1-2H2;. The van der Waals surface area contributed by atoms with Gasteiger partial charge in [0.25, 0.3) is 0 Å². The summed E-state index contributed by atoms with van der Waals surface area (Å²) in [5.74, 6) is 0. The van der Waals surface area contributed by atoms with Gasteiger partial charge in [-0.3, -0.25) is 0 Å². The van der Waals surface area contributed by atoms with Crippen molar-refractivity contribution in [3.05, 3.63) is 0 Å². The van der Waals surface area contributed by atoms with E-state index >= 15 is 0 Å². The van der Waals surface area contributed by atoms with Crippen LogP contribution in [0.5, 0.6) is 0 Å². The number of ether oxygens (including phenoxy) is 1. The summed E-state index contributed by atoms with van der Waals surface area (Å²) in [7, 11) is 0. The third kappa shape index (κ3) is 1.87. The van der Waals surface area contributed by atoms with Gasteiger partial charge in [-0.15, -0.1) is 0 Å². The second-order valence-electron chi connectivity index (χ2n) is 0.612. The molecule has 4 heavy (non-hydrogen) atoms. The molecule has 2 heteroatoms. The first kappa shape index (κ1) is 3.87. The van der Waals surface area contributed by atoms with Gasteiger partial charge in [-0.2, -0.15) is 0 Å². The quantitative estimate of drug-likeness (QED) is 0.351. The molecule has 0 aromatic rings. The van der Waals surface area contributed by atoms with E-state index in [1.807, 2.05) is 0 Å². The Morgan fingerprint density at radius 2 is 1.50 bits per heavy atom. The van der Waals surface area contributed by atoms with Crippen LogP contribution in [0.4, 0.5) is 0 Å². The van der Waals surface area contributed by atoms with Crippen LogP contribution in [-0.2, 0) is 4.74 Å². The van der Waals surface area contributed by atoms with Crippen molar-refractivity contribution in [3.8, 4) is 0 Å². The van der Waals surface area contributed by atoms with Crippen LogP contribution in [0.25, 0.3) is 0 Å². The Hall–Kier alpha value is -0.131. The molecular formula is C2H4HeO. The van der Waals surface area contributed by atoms with E-state index in [1.54, 1.807) is 0 Å². The van der Waals surface area contributed by atoms with E-state index in [0.29, 0.717) is 0 Å². The summed E-state index contributed by atoms with van der Waals surface area (Å²) in [4.78, 5) is 0. The van der Waals surface area contributed by atoms with Gasteiger partial charge in [0, 0.05) is 6.15 Å². The molecule has 0 atom stereocenters. The van der Waals surface area contributed by atoms with Gasteiger partial charge in [0.15, 0.2) is 0 Å². The van der Waals surface area contributed by atoms with Crippen molar-refractivity contribution >= 4 is 0 Å². The fraction of sp³-hybridized carbons (Fsp3) is 1.00. The van der Waals surface area contributed by atoms with E-state index in [-0.39, 0.29) is 6.15 Å². The van der Waals surface area contributed by atoms with Crippen LogP contribution >= 0.6 is 0 Å². The van der Waals surface area contributed by atoms with E-state index in [2.05, 4.69) is 4.74 Å². The maximum Gasteiger partial charge on any atom is 0.0701 e. The summed E-state index contributed by atoms with van der Waals surface area (Å²) in [6, 6.07) is 0. The minimum atomic E-state index is 0. The first-order valence-electron chi connectivity index (χ1n) is 1.08. The second kappa shape index (κ2) is 1.22. The summed E-state index contributed by atoms with van der Waals surface area (Å²) in [6.45, 7) is 2.00. The van der Waals surface area contributed by atoms with Crippen molar-refractivity contribution in [2.24, 2.45) is 0 Å². The van der Waals surface area contributed by atoms with Gasteiger partial charge in [-0.05, 0) is 0 Å². The maximum atomic E-state index is 4.50. The van der Waals surface area contributed by atoms with E-state index < -0.39 is 0 Å². The van der Waals surface area contributed by atoms with Gasteiger partial charge in [0.05, 0.1) is 13.2 Å². The Balaban J connectivity index is 0.0000000900. The third-order valence-corrected chi connectivity index (χ3v) is 0.204. The van der Waals surface area contributed by atoms with E-state index in [4.69, 9.17) is 0 Å². The molecule has 1 aliphatic heterocycles. The summed E-state index contributed by atoms with van der Waals surface area (Å²) in [5.41, 5.74) is 0. The predicted molar refractivity (Wildman–Crippen MR) is 10.8 cm³/mol. The van der Waals surface area contributed by atoms with Gasteiger partial charge in [0.2, 0.25) is 0 Å². The van der Waals surface area contributed by atoms with Crippen molar-refractivity contribution < 1.29 is 10.9 Å². The normalized spacial score (nSPS) is 18.0. The molecule has 0 unspecified atom stereocenters. The van der Waals surface area contributed by atoms with Gasteiger partial charge < -0.3 is 4.74 Å². The SMILES string of the molecule is C1CO1.[He]. The molecule has 0 amide bonds. The number of hydrogen-bond donors (Lipinski definition) is 0. The third-order valence-electron chi connectivity index (χ3n) is 0.204. The van der Waals surface area contributed by atoms with Crippen molar-refractivity contribution in [2.75, 3.05) is 13.2 Å². The summed E-state index contributed by atoms with van der Waals surface area (Å²) in [6.07, 6.45) is 0. The average Bonchev–Trinajstić information content (AvgIpc) is 1.46. The number of epoxide rings is 1. The smallest absolute Gasteiger partial charge is 0.0701 e. The van der Waals surface area contributed by atoms with Crippen LogP contribution in [0.1, 0.15) is 0 Å². The van der Waals surface area contributed by atoms with E-state index in [1.165, 1.54) is 0 Å². The molecule has 1 saturated heterocycles.